The molecule has 0 radical (unpaired) electrons. The molecule has 2 aromatic rings. The summed E-state index contributed by atoms with van der Waals surface area (Å²) in [6.07, 6.45) is 10.7. The van der Waals surface area contributed by atoms with E-state index in [0.29, 0.717) is 0 Å². The first-order valence-electron chi connectivity index (χ1n) is 9.99. The van der Waals surface area contributed by atoms with Crippen LogP contribution in [0.4, 0.5) is 0 Å². The highest BCUT2D eigenvalue weighted by molar-refractivity contribution is 5.66. The lowest BCUT2D eigenvalue weighted by molar-refractivity contribution is 0.472. The van der Waals surface area contributed by atoms with Gasteiger partial charge in [0.15, 0.2) is 0 Å². The van der Waals surface area contributed by atoms with E-state index in [9.17, 15) is 0 Å². The van der Waals surface area contributed by atoms with Gasteiger partial charge in [-0.3, -0.25) is 0 Å². The predicted molar refractivity (Wildman–Crippen MR) is 119 cm³/mol. The fraction of sp³-hybridized carbons (Fsp3) is 0.185. The van der Waals surface area contributed by atoms with Gasteiger partial charge in [-0.15, -0.1) is 0 Å². The number of benzene rings is 2. The second-order valence-corrected chi connectivity index (χ2v) is 7.57. The van der Waals surface area contributed by atoms with Crippen molar-refractivity contribution in [1.82, 2.24) is 4.90 Å². The molecule has 0 bridgehead atoms. The van der Waals surface area contributed by atoms with E-state index in [0.717, 1.165) is 30.5 Å². The third-order valence-electron chi connectivity index (χ3n) is 5.92. The first-order valence-corrected chi connectivity index (χ1v) is 9.99. The van der Waals surface area contributed by atoms with Gasteiger partial charge in [-0.25, -0.2) is 0 Å². The zero-order valence-electron chi connectivity index (χ0n) is 16.6. The van der Waals surface area contributed by atoms with Crippen LogP contribution in [0.1, 0.15) is 30.9 Å². The monoisotopic (exact) mass is 365 g/mol. The number of allylic oxidation sites excluding steroid dienone is 6. The average molecular weight is 366 g/mol. The molecule has 140 valence electrons. The van der Waals surface area contributed by atoms with Crippen molar-refractivity contribution < 1.29 is 0 Å². The van der Waals surface area contributed by atoms with E-state index >= 15 is 0 Å². The molecule has 0 saturated heterocycles. The lowest BCUT2D eigenvalue weighted by atomic mass is 9.54. The highest BCUT2D eigenvalue weighted by Gasteiger charge is 2.48. The van der Waals surface area contributed by atoms with Crippen molar-refractivity contribution in [3.05, 3.63) is 132 Å². The van der Waals surface area contributed by atoms with Crippen molar-refractivity contribution in [3.63, 3.8) is 0 Å². The summed E-state index contributed by atoms with van der Waals surface area (Å²) in [6, 6.07) is 21.8. The summed E-state index contributed by atoms with van der Waals surface area (Å²) in [5, 5.41) is 0. The normalized spacial score (nSPS) is 23.5. The van der Waals surface area contributed by atoms with E-state index in [-0.39, 0.29) is 5.41 Å². The van der Waals surface area contributed by atoms with Crippen molar-refractivity contribution in [2.45, 2.75) is 25.2 Å². The number of nitrogens with zero attached hydrogens (tertiary/aromatic N) is 1. The molecule has 1 heteroatoms. The minimum atomic E-state index is -0.129. The van der Waals surface area contributed by atoms with Crippen molar-refractivity contribution in [2.24, 2.45) is 0 Å². The maximum atomic E-state index is 4.27. The molecule has 1 saturated carbocycles. The van der Waals surface area contributed by atoms with E-state index < -0.39 is 0 Å². The van der Waals surface area contributed by atoms with Gasteiger partial charge < -0.3 is 4.90 Å². The number of hydrogen-bond acceptors (Lipinski definition) is 1. The van der Waals surface area contributed by atoms with Gasteiger partial charge in [0, 0.05) is 12.7 Å². The van der Waals surface area contributed by atoms with E-state index in [1.807, 2.05) is 0 Å². The third-order valence-corrected chi connectivity index (χ3v) is 5.92. The Morgan fingerprint density at radius 2 is 1.54 bits per heavy atom. The molecule has 1 aliphatic carbocycles. The largest absolute Gasteiger partial charge is 0.355 e. The fourth-order valence-electron chi connectivity index (χ4n) is 4.27. The van der Waals surface area contributed by atoms with Crippen LogP contribution in [0.25, 0.3) is 0 Å². The molecule has 1 fully saturated rings. The summed E-state index contributed by atoms with van der Waals surface area (Å²) in [5.41, 5.74) is 7.37. The Bertz CT molecular complexity index is 934. The molecule has 28 heavy (non-hydrogen) atoms. The Kier molecular flexibility index (Phi) is 4.92. The zero-order valence-corrected chi connectivity index (χ0v) is 16.6. The molecule has 1 nitrogen and oxygen atoms in total. The van der Waals surface area contributed by atoms with E-state index in [2.05, 4.69) is 110 Å². The first-order chi connectivity index (χ1) is 13.6. The second kappa shape index (κ2) is 7.52. The summed E-state index contributed by atoms with van der Waals surface area (Å²) in [5.74, 6) is 0. The van der Waals surface area contributed by atoms with Gasteiger partial charge in [0.1, 0.15) is 0 Å². The molecular weight excluding hydrogens is 338 g/mol. The van der Waals surface area contributed by atoms with E-state index in [1.54, 1.807) is 0 Å². The summed E-state index contributed by atoms with van der Waals surface area (Å²) >= 11 is 0. The Balaban J connectivity index is 1.94. The van der Waals surface area contributed by atoms with Crippen molar-refractivity contribution >= 4 is 0 Å². The number of hydrogen-bond donors (Lipinski definition) is 0. The molecule has 0 spiro atoms. The molecule has 1 aliphatic heterocycles. The minimum Gasteiger partial charge on any atom is -0.355 e. The molecule has 0 N–H and O–H groups in total. The summed E-state index contributed by atoms with van der Waals surface area (Å²) in [4.78, 5) is 2.28. The molecule has 1 heterocycles. The van der Waals surface area contributed by atoms with Gasteiger partial charge in [-0.05, 0) is 59.4 Å². The van der Waals surface area contributed by atoms with Crippen molar-refractivity contribution in [1.29, 1.82) is 0 Å². The van der Waals surface area contributed by atoms with Gasteiger partial charge in [0.2, 0.25) is 0 Å². The third kappa shape index (κ3) is 3.07. The Morgan fingerprint density at radius 3 is 2.11 bits per heavy atom. The Labute approximate surface area is 168 Å². The molecule has 4 rings (SSSR count). The molecule has 0 atom stereocenters. The average Bonchev–Trinajstić information content (AvgIpc) is 2.73. The predicted octanol–water partition coefficient (Wildman–Crippen LogP) is 6.54. The lowest BCUT2D eigenvalue weighted by Gasteiger charge is -2.49. The topological polar surface area (TPSA) is 3.24 Å². The number of rotatable bonds is 3. The van der Waals surface area contributed by atoms with Crippen molar-refractivity contribution in [2.75, 3.05) is 6.54 Å². The standard InChI is InChI=1S/C27H27N/c1-4-28-17-11-12-21(2)22(3)18-23-19-27(26(23)20-28,24-13-7-5-8-14-24)25-15-9-6-10-16-25/h5-11,13-18,20H,2-4,12,19H2,1H3/b17-11-,23-18-,26-20+. The van der Waals surface area contributed by atoms with Crippen LogP contribution in [0, 0.1) is 0 Å². The van der Waals surface area contributed by atoms with Crippen LogP contribution in [0.15, 0.2) is 121 Å². The molecule has 0 aromatic heterocycles. The Morgan fingerprint density at radius 1 is 0.929 bits per heavy atom. The highest BCUT2D eigenvalue weighted by Crippen LogP contribution is 2.57. The molecule has 2 aromatic carbocycles. The SMILES string of the molecule is C=C1/C=C2/CC(c3ccccc3)(c3ccccc3)/C2=C/N(CC)/C=C\CC1=C. The lowest BCUT2D eigenvalue weighted by Crippen LogP contribution is -2.41. The van der Waals surface area contributed by atoms with E-state index in [4.69, 9.17) is 0 Å². The smallest absolute Gasteiger partial charge is 0.0508 e. The zero-order chi connectivity index (χ0) is 19.6. The maximum absolute atomic E-state index is 4.27. The van der Waals surface area contributed by atoms with E-state index in [1.165, 1.54) is 22.3 Å². The maximum Gasteiger partial charge on any atom is 0.0508 e. The number of fused-ring (bicyclic) bond motifs is 1. The quantitative estimate of drug-likeness (QED) is 0.597. The van der Waals surface area contributed by atoms with Gasteiger partial charge >= 0.3 is 0 Å². The van der Waals surface area contributed by atoms with Crippen LogP contribution in [0.2, 0.25) is 0 Å². The van der Waals surface area contributed by atoms with Crippen LogP contribution in [-0.2, 0) is 5.41 Å². The second-order valence-electron chi connectivity index (χ2n) is 7.57. The molecule has 2 aliphatic rings. The van der Waals surface area contributed by atoms with Crippen molar-refractivity contribution in [3.8, 4) is 0 Å². The summed E-state index contributed by atoms with van der Waals surface area (Å²) in [6.45, 7) is 11.6. The van der Waals surface area contributed by atoms with Crippen LogP contribution in [0.5, 0.6) is 0 Å². The molecule has 0 amide bonds. The minimum absolute atomic E-state index is 0.129. The van der Waals surface area contributed by atoms with Gasteiger partial charge in [0.25, 0.3) is 0 Å². The van der Waals surface area contributed by atoms with Crippen LogP contribution >= 0.6 is 0 Å². The van der Waals surface area contributed by atoms with Crippen LogP contribution in [0.3, 0.4) is 0 Å². The fourth-order valence-corrected chi connectivity index (χ4v) is 4.27. The first kappa shape index (κ1) is 18.3. The van der Waals surface area contributed by atoms with Gasteiger partial charge in [-0.1, -0.05) is 86.0 Å². The summed E-state index contributed by atoms with van der Waals surface area (Å²) < 4.78 is 0. The highest BCUT2D eigenvalue weighted by atomic mass is 15.1. The van der Waals surface area contributed by atoms with Gasteiger partial charge in [-0.2, -0.15) is 0 Å². The molecule has 0 unspecified atom stereocenters. The molecular formula is C27H27N. The summed E-state index contributed by atoms with van der Waals surface area (Å²) in [7, 11) is 0. The van der Waals surface area contributed by atoms with Gasteiger partial charge in [0.05, 0.1) is 5.41 Å². The Hall–Kier alpha value is -3.06. The van der Waals surface area contributed by atoms with Crippen LogP contribution in [-0.4, -0.2) is 11.4 Å². The van der Waals surface area contributed by atoms with Crippen LogP contribution < -0.4 is 0 Å².